The van der Waals surface area contributed by atoms with Crippen LogP contribution in [0.3, 0.4) is 0 Å². The molecule has 10 heteroatoms. The lowest BCUT2D eigenvalue weighted by atomic mass is 10.1. The molecule has 4 heterocycles. The first-order valence-corrected chi connectivity index (χ1v) is 8.82. The Balaban J connectivity index is 1.73. The molecule has 2 aliphatic rings. The molecular formula is C19H13N5O5. The molecule has 1 fully saturated rings. The van der Waals surface area contributed by atoms with Crippen molar-refractivity contribution in [1.29, 1.82) is 5.26 Å². The van der Waals surface area contributed by atoms with Crippen molar-refractivity contribution < 1.29 is 19.8 Å². The van der Waals surface area contributed by atoms with E-state index in [2.05, 4.69) is 4.98 Å². The number of benzene rings is 1. The number of rotatable bonds is 1. The first kappa shape index (κ1) is 17.0. The van der Waals surface area contributed by atoms with Gasteiger partial charge in [0, 0.05) is 17.3 Å². The van der Waals surface area contributed by atoms with Crippen LogP contribution in [0.5, 0.6) is 5.88 Å². The molecule has 144 valence electrons. The lowest BCUT2D eigenvalue weighted by Crippen LogP contribution is -2.41. The van der Waals surface area contributed by atoms with Gasteiger partial charge < -0.3 is 15.1 Å². The monoisotopic (exact) mass is 391 g/mol. The van der Waals surface area contributed by atoms with E-state index in [1.54, 1.807) is 24.3 Å². The van der Waals surface area contributed by atoms with Crippen LogP contribution in [-0.4, -0.2) is 47.7 Å². The number of aromatic nitrogens is 3. The van der Waals surface area contributed by atoms with Crippen molar-refractivity contribution in [3.63, 3.8) is 0 Å². The number of hydrogen-bond donors (Lipinski definition) is 2. The van der Waals surface area contributed by atoms with Crippen LogP contribution in [-0.2, 0) is 9.59 Å². The number of nitrogens with zero attached hydrogens (tertiary/aromatic N) is 5. The van der Waals surface area contributed by atoms with Gasteiger partial charge in [-0.1, -0.05) is 24.3 Å². The van der Waals surface area contributed by atoms with Gasteiger partial charge in [0.2, 0.25) is 5.88 Å². The van der Waals surface area contributed by atoms with Crippen LogP contribution in [0, 0.1) is 11.3 Å². The smallest absolute Gasteiger partial charge is 0.394 e. The molecule has 1 aromatic carbocycles. The van der Waals surface area contributed by atoms with Crippen LogP contribution in [0.15, 0.2) is 35.3 Å². The van der Waals surface area contributed by atoms with Crippen LogP contribution in [0.4, 0.5) is 0 Å². The van der Waals surface area contributed by atoms with Gasteiger partial charge in [0.25, 0.3) is 0 Å². The van der Waals surface area contributed by atoms with E-state index in [1.807, 2.05) is 6.07 Å². The van der Waals surface area contributed by atoms with E-state index < -0.39 is 29.6 Å². The molecule has 0 unspecified atom stereocenters. The van der Waals surface area contributed by atoms with Crippen molar-refractivity contribution in [2.45, 2.75) is 18.5 Å². The van der Waals surface area contributed by atoms with E-state index in [1.165, 1.54) is 15.7 Å². The average molecular weight is 391 g/mol. The highest BCUT2D eigenvalue weighted by Crippen LogP contribution is 2.48. The summed E-state index contributed by atoms with van der Waals surface area (Å²) in [5, 5.41) is 30.3. The van der Waals surface area contributed by atoms with Gasteiger partial charge >= 0.3 is 17.6 Å². The maximum absolute atomic E-state index is 13.1. The fourth-order valence-corrected chi connectivity index (χ4v) is 4.46. The second-order valence-corrected chi connectivity index (χ2v) is 7.01. The minimum absolute atomic E-state index is 0.0958. The van der Waals surface area contributed by atoms with E-state index in [9.17, 15) is 24.8 Å². The zero-order valence-electron chi connectivity index (χ0n) is 14.8. The third-order valence-corrected chi connectivity index (χ3v) is 5.62. The molecule has 2 N–H and O–H groups in total. The van der Waals surface area contributed by atoms with Crippen molar-refractivity contribution in [2.24, 2.45) is 0 Å². The quantitative estimate of drug-likeness (QED) is 0.581. The Labute approximate surface area is 162 Å². The minimum Gasteiger partial charge on any atom is -0.493 e. The van der Waals surface area contributed by atoms with Crippen LogP contribution in [0.2, 0.25) is 0 Å². The van der Waals surface area contributed by atoms with Crippen LogP contribution in [0.25, 0.3) is 16.5 Å². The van der Waals surface area contributed by atoms with E-state index in [0.717, 1.165) is 4.57 Å². The number of nitriles is 1. The number of amides is 1. The summed E-state index contributed by atoms with van der Waals surface area (Å²) in [7, 11) is 0. The summed E-state index contributed by atoms with van der Waals surface area (Å²) < 4.78 is 2.51. The number of carboxylic acid groups (broad SMARTS) is 1. The first-order valence-electron chi connectivity index (χ1n) is 8.82. The zero-order chi connectivity index (χ0) is 20.4. The molecule has 3 aromatic rings. The highest BCUT2D eigenvalue weighted by molar-refractivity contribution is 6.31. The maximum Gasteiger partial charge on any atom is 0.394 e. The Bertz CT molecular complexity index is 1330. The Kier molecular flexibility index (Phi) is 3.33. The molecule has 10 nitrogen and oxygen atoms in total. The predicted molar refractivity (Wildman–Crippen MR) is 97.5 cm³/mol. The van der Waals surface area contributed by atoms with Crippen molar-refractivity contribution in [2.75, 3.05) is 6.54 Å². The molecule has 5 rings (SSSR count). The number of carbonyl (C=O) groups is 2. The Morgan fingerprint density at radius 2 is 1.97 bits per heavy atom. The van der Waals surface area contributed by atoms with Crippen LogP contribution in [0.1, 0.15) is 29.9 Å². The molecule has 29 heavy (non-hydrogen) atoms. The van der Waals surface area contributed by atoms with E-state index in [4.69, 9.17) is 5.11 Å². The number of carbonyl (C=O) groups excluding carboxylic acids is 1. The highest BCUT2D eigenvalue weighted by Gasteiger charge is 2.50. The molecule has 1 amide bonds. The molecule has 0 aliphatic carbocycles. The molecule has 2 aromatic heterocycles. The largest absolute Gasteiger partial charge is 0.493 e. The number of fused-ring (bicyclic) bond motifs is 6. The number of carboxylic acids is 1. The number of aliphatic carboxylic acids is 1. The lowest BCUT2D eigenvalue weighted by molar-refractivity contribution is -0.156. The molecule has 0 radical (unpaired) electrons. The van der Waals surface area contributed by atoms with Gasteiger partial charge in [-0.05, 0) is 6.42 Å². The lowest BCUT2D eigenvalue weighted by Gasteiger charge is -2.25. The molecule has 1 saturated heterocycles. The van der Waals surface area contributed by atoms with Crippen molar-refractivity contribution >= 4 is 22.6 Å². The summed E-state index contributed by atoms with van der Waals surface area (Å²) >= 11 is 0. The van der Waals surface area contributed by atoms with Crippen molar-refractivity contribution in [3.8, 4) is 17.6 Å². The highest BCUT2D eigenvalue weighted by atomic mass is 16.4. The standard InChI is InChI=1S/C19H13N5O5/c20-6-12-10-3-1-2-4-11(10)14(7-21-12)24-16(25)15-13-5-9(23(15)19(24)29)8-22(13)17(26)18(27)28/h1-4,7,9,13,25H,5,8H2,(H,27,28)/t9-,13-/m0/s1. The van der Waals surface area contributed by atoms with Crippen LogP contribution >= 0.6 is 0 Å². The summed E-state index contributed by atoms with van der Waals surface area (Å²) in [6.07, 6.45) is 1.73. The summed E-state index contributed by atoms with van der Waals surface area (Å²) in [4.78, 5) is 41.5. The van der Waals surface area contributed by atoms with Gasteiger partial charge in [-0.25, -0.2) is 19.1 Å². The minimum atomic E-state index is -1.58. The number of imidazole rings is 1. The molecule has 0 saturated carbocycles. The zero-order valence-corrected chi connectivity index (χ0v) is 14.8. The van der Waals surface area contributed by atoms with E-state index in [0.29, 0.717) is 22.9 Å². The molecule has 2 aliphatic heterocycles. The van der Waals surface area contributed by atoms with E-state index >= 15 is 0 Å². The molecular weight excluding hydrogens is 378 g/mol. The third kappa shape index (κ3) is 2.09. The predicted octanol–water partition coefficient (Wildman–Crippen LogP) is 0.677. The SMILES string of the molecule is N#Cc1ncc(-n2c(O)c3n(c2=O)[C@H]2C[C@@H]3N(C(=O)C(=O)O)C2)c2ccccc12. The van der Waals surface area contributed by atoms with Gasteiger partial charge in [0.1, 0.15) is 17.5 Å². The second kappa shape index (κ2) is 5.68. The van der Waals surface area contributed by atoms with Gasteiger partial charge in [0.15, 0.2) is 0 Å². The Hall–Kier alpha value is -4.13. The fraction of sp³-hybridized carbons (Fsp3) is 0.211. The number of pyridine rings is 1. The molecule has 0 spiro atoms. The fourth-order valence-electron chi connectivity index (χ4n) is 4.46. The number of hydrogen-bond acceptors (Lipinski definition) is 6. The maximum atomic E-state index is 13.1. The molecule has 2 bridgehead atoms. The van der Waals surface area contributed by atoms with Gasteiger partial charge in [-0.2, -0.15) is 5.26 Å². The van der Waals surface area contributed by atoms with Crippen molar-refractivity contribution in [1.82, 2.24) is 19.0 Å². The third-order valence-electron chi connectivity index (χ3n) is 5.62. The number of aromatic hydroxyl groups is 1. The average Bonchev–Trinajstić information content (AvgIpc) is 3.38. The van der Waals surface area contributed by atoms with Crippen LogP contribution < -0.4 is 5.69 Å². The topological polar surface area (TPSA) is 141 Å². The normalized spacial score (nSPS) is 19.3. The first-order chi connectivity index (χ1) is 13.9. The second-order valence-electron chi connectivity index (χ2n) is 7.01. The van der Waals surface area contributed by atoms with E-state index in [-0.39, 0.29) is 23.8 Å². The summed E-state index contributed by atoms with van der Waals surface area (Å²) in [6, 6.07) is 7.82. The Morgan fingerprint density at radius 3 is 2.66 bits per heavy atom. The molecule has 2 atom stereocenters. The van der Waals surface area contributed by atoms with Gasteiger partial charge in [-0.3, -0.25) is 9.36 Å². The number of likely N-dealkylation sites (tertiary alicyclic amines) is 1. The summed E-state index contributed by atoms with van der Waals surface area (Å²) in [5.74, 6) is -3.00. The van der Waals surface area contributed by atoms with Crippen molar-refractivity contribution in [3.05, 3.63) is 52.3 Å². The van der Waals surface area contributed by atoms with Gasteiger partial charge in [0.05, 0.1) is 24.0 Å². The Morgan fingerprint density at radius 1 is 1.24 bits per heavy atom. The van der Waals surface area contributed by atoms with Gasteiger partial charge in [-0.15, -0.1) is 0 Å². The summed E-state index contributed by atoms with van der Waals surface area (Å²) in [5.41, 5.74) is 0.222. The summed E-state index contributed by atoms with van der Waals surface area (Å²) in [6.45, 7) is 0.0958.